The van der Waals surface area contributed by atoms with E-state index < -0.39 is 0 Å². The van der Waals surface area contributed by atoms with Gasteiger partial charge in [-0.2, -0.15) is 0 Å². The minimum atomic E-state index is 0.205. The standard InChI is InChI=1S/C17H21N5OS/c1-12-20-14(11-24-12)6-17(23)22-9-13-2-3-15(22)10-21(8-13)16-7-18-4-5-19-16/h4-5,7,11,13,15H,2-3,6,8-10H2,1H3/t13-,15+/m1/s1. The minimum Gasteiger partial charge on any atom is -0.353 e. The third-order valence-corrected chi connectivity index (χ3v) is 5.73. The van der Waals surface area contributed by atoms with Crippen molar-refractivity contribution in [3.05, 3.63) is 34.7 Å². The largest absolute Gasteiger partial charge is 0.353 e. The summed E-state index contributed by atoms with van der Waals surface area (Å²) in [6, 6.07) is 0.262. The van der Waals surface area contributed by atoms with Crippen LogP contribution in [0.1, 0.15) is 23.5 Å². The van der Waals surface area contributed by atoms with Gasteiger partial charge in [-0.3, -0.25) is 9.78 Å². The molecule has 3 saturated heterocycles. The van der Waals surface area contributed by atoms with Crippen LogP contribution in [0.2, 0.25) is 0 Å². The van der Waals surface area contributed by atoms with Crippen molar-refractivity contribution in [2.45, 2.75) is 32.2 Å². The Kier molecular flexibility index (Phi) is 4.18. The molecule has 126 valence electrons. The molecule has 3 fully saturated rings. The molecule has 5 heterocycles. The van der Waals surface area contributed by atoms with Gasteiger partial charge < -0.3 is 9.80 Å². The van der Waals surface area contributed by atoms with Gasteiger partial charge in [0, 0.05) is 43.4 Å². The highest BCUT2D eigenvalue weighted by molar-refractivity contribution is 7.09. The highest BCUT2D eigenvalue weighted by Gasteiger charge is 2.37. The number of anilines is 1. The third kappa shape index (κ3) is 3.13. The van der Waals surface area contributed by atoms with E-state index in [1.54, 1.807) is 23.7 Å². The van der Waals surface area contributed by atoms with Crippen LogP contribution in [0.5, 0.6) is 0 Å². The molecule has 6 nitrogen and oxygen atoms in total. The van der Waals surface area contributed by atoms with Gasteiger partial charge in [-0.15, -0.1) is 11.3 Å². The van der Waals surface area contributed by atoms with Gasteiger partial charge in [0.1, 0.15) is 5.82 Å². The molecule has 0 radical (unpaired) electrons. The first kappa shape index (κ1) is 15.5. The SMILES string of the molecule is Cc1nc(CC(=O)N2C[C@@H]3CC[C@H]2CN(c2cnccn2)C3)cs1. The molecule has 2 aromatic heterocycles. The lowest BCUT2D eigenvalue weighted by Gasteiger charge is -2.36. The zero-order valence-electron chi connectivity index (χ0n) is 13.8. The second-order valence-corrected chi connectivity index (χ2v) is 7.71. The Balaban J connectivity index is 1.49. The van der Waals surface area contributed by atoms with E-state index in [2.05, 4.69) is 24.8 Å². The zero-order valence-corrected chi connectivity index (χ0v) is 14.6. The molecule has 0 spiro atoms. The fraction of sp³-hybridized carbons (Fsp3) is 0.529. The van der Waals surface area contributed by atoms with Crippen molar-refractivity contribution >= 4 is 23.1 Å². The van der Waals surface area contributed by atoms with E-state index in [0.29, 0.717) is 12.3 Å². The zero-order chi connectivity index (χ0) is 16.5. The second-order valence-electron chi connectivity index (χ2n) is 6.65. The van der Waals surface area contributed by atoms with E-state index in [0.717, 1.165) is 42.6 Å². The van der Waals surface area contributed by atoms with E-state index in [1.807, 2.05) is 18.5 Å². The average molecular weight is 343 g/mol. The van der Waals surface area contributed by atoms with Gasteiger partial charge in [0.2, 0.25) is 5.91 Å². The number of amides is 1. The summed E-state index contributed by atoms with van der Waals surface area (Å²) in [5, 5.41) is 3.01. The number of piperidine rings is 1. The Morgan fingerprint density at radius 3 is 2.96 bits per heavy atom. The molecule has 2 bridgehead atoms. The van der Waals surface area contributed by atoms with Gasteiger partial charge in [0.15, 0.2) is 0 Å². The van der Waals surface area contributed by atoms with Crippen LogP contribution in [0.15, 0.2) is 24.0 Å². The summed E-state index contributed by atoms with van der Waals surface area (Å²) in [7, 11) is 0. The molecular formula is C17H21N5OS. The predicted octanol–water partition coefficient (Wildman–Crippen LogP) is 1.91. The Labute approximate surface area is 145 Å². The van der Waals surface area contributed by atoms with Crippen LogP contribution in [0.25, 0.3) is 0 Å². The summed E-state index contributed by atoms with van der Waals surface area (Å²) in [6.45, 7) is 4.63. The number of fused-ring (bicyclic) bond motifs is 4. The minimum absolute atomic E-state index is 0.205. The monoisotopic (exact) mass is 343 g/mol. The van der Waals surface area contributed by atoms with Crippen molar-refractivity contribution in [3.63, 3.8) is 0 Å². The molecular weight excluding hydrogens is 322 g/mol. The van der Waals surface area contributed by atoms with E-state index in [-0.39, 0.29) is 11.9 Å². The molecule has 3 aliphatic heterocycles. The van der Waals surface area contributed by atoms with Crippen molar-refractivity contribution in [3.8, 4) is 0 Å². The van der Waals surface area contributed by atoms with E-state index in [1.165, 1.54) is 6.42 Å². The van der Waals surface area contributed by atoms with Crippen LogP contribution in [0, 0.1) is 12.8 Å². The van der Waals surface area contributed by atoms with Gasteiger partial charge in [-0.05, 0) is 25.7 Å². The van der Waals surface area contributed by atoms with Gasteiger partial charge >= 0.3 is 0 Å². The van der Waals surface area contributed by atoms with Crippen LogP contribution in [0.3, 0.4) is 0 Å². The first-order valence-corrected chi connectivity index (χ1v) is 9.28. The third-order valence-electron chi connectivity index (χ3n) is 4.91. The number of thiazole rings is 1. The number of rotatable bonds is 3. The first-order chi connectivity index (χ1) is 11.7. The summed E-state index contributed by atoms with van der Waals surface area (Å²) in [5.41, 5.74) is 0.897. The van der Waals surface area contributed by atoms with Crippen LogP contribution >= 0.6 is 11.3 Å². The fourth-order valence-corrected chi connectivity index (χ4v) is 4.39. The van der Waals surface area contributed by atoms with Gasteiger partial charge in [0.05, 0.1) is 23.3 Å². The summed E-state index contributed by atoms with van der Waals surface area (Å²) in [6.07, 6.45) is 7.91. The molecule has 0 aromatic carbocycles. The number of carbonyl (C=O) groups is 1. The molecule has 0 N–H and O–H groups in total. The van der Waals surface area contributed by atoms with Crippen LogP contribution < -0.4 is 4.90 Å². The molecule has 1 amide bonds. The van der Waals surface area contributed by atoms with Crippen molar-refractivity contribution in [2.75, 3.05) is 24.5 Å². The highest BCUT2D eigenvalue weighted by Crippen LogP contribution is 2.30. The van der Waals surface area contributed by atoms with Crippen molar-refractivity contribution in [2.24, 2.45) is 5.92 Å². The molecule has 0 saturated carbocycles. The lowest BCUT2D eigenvalue weighted by Crippen LogP contribution is -2.48. The maximum atomic E-state index is 12.8. The molecule has 0 aliphatic carbocycles. The molecule has 5 rings (SSSR count). The predicted molar refractivity (Wildman–Crippen MR) is 93.0 cm³/mol. The van der Waals surface area contributed by atoms with Gasteiger partial charge in [0.25, 0.3) is 0 Å². The Morgan fingerprint density at radius 1 is 1.29 bits per heavy atom. The number of hydrogen-bond acceptors (Lipinski definition) is 6. The Hall–Kier alpha value is -2.02. The quantitative estimate of drug-likeness (QED) is 0.852. The first-order valence-electron chi connectivity index (χ1n) is 8.40. The van der Waals surface area contributed by atoms with Crippen molar-refractivity contribution in [1.29, 1.82) is 0 Å². The summed E-state index contributed by atoms with van der Waals surface area (Å²) < 4.78 is 0. The van der Waals surface area contributed by atoms with Crippen LogP contribution in [-0.4, -0.2) is 51.4 Å². The van der Waals surface area contributed by atoms with E-state index >= 15 is 0 Å². The van der Waals surface area contributed by atoms with E-state index in [9.17, 15) is 4.79 Å². The average Bonchev–Trinajstić information content (AvgIpc) is 2.82. The lowest BCUT2D eigenvalue weighted by atomic mass is 9.94. The Bertz CT molecular complexity index is 719. The topological polar surface area (TPSA) is 62.2 Å². The van der Waals surface area contributed by atoms with Crippen LogP contribution in [0.4, 0.5) is 5.82 Å². The molecule has 0 unspecified atom stereocenters. The molecule has 2 aromatic rings. The van der Waals surface area contributed by atoms with Gasteiger partial charge in [-0.25, -0.2) is 9.97 Å². The van der Waals surface area contributed by atoms with E-state index in [4.69, 9.17) is 0 Å². The number of aryl methyl sites for hydroxylation is 1. The number of carbonyl (C=O) groups excluding carboxylic acids is 1. The Morgan fingerprint density at radius 2 is 2.21 bits per heavy atom. The van der Waals surface area contributed by atoms with Crippen molar-refractivity contribution in [1.82, 2.24) is 19.9 Å². The highest BCUT2D eigenvalue weighted by atomic mass is 32.1. The maximum Gasteiger partial charge on any atom is 0.228 e. The molecule has 3 aliphatic rings. The second kappa shape index (κ2) is 6.47. The number of hydrogen-bond donors (Lipinski definition) is 0. The normalized spacial score (nSPS) is 23.4. The summed E-state index contributed by atoms with van der Waals surface area (Å²) >= 11 is 1.60. The van der Waals surface area contributed by atoms with Crippen molar-refractivity contribution < 1.29 is 4.79 Å². The van der Waals surface area contributed by atoms with Crippen LogP contribution in [-0.2, 0) is 11.2 Å². The smallest absolute Gasteiger partial charge is 0.228 e. The maximum absolute atomic E-state index is 12.8. The molecule has 24 heavy (non-hydrogen) atoms. The molecule has 7 heteroatoms. The fourth-order valence-electron chi connectivity index (χ4n) is 3.77. The summed E-state index contributed by atoms with van der Waals surface area (Å²) in [4.78, 5) is 30.2. The lowest BCUT2D eigenvalue weighted by molar-refractivity contribution is -0.134. The molecule has 2 atom stereocenters. The number of aromatic nitrogens is 3. The van der Waals surface area contributed by atoms with Gasteiger partial charge in [-0.1, -0.05) is 0 Å². The number of nitrogens with zero attached hydrogens (tertiary/aromatic N) is 5. The summed E-state index contributed by atoms with van der Waals surface area (Å²) in [5.74, 6) is 1.63.